The molecule has 2 aliphatic rings. The molecule has 0 saturated heterocycles. The Kier molecular flexibility index (Phi) is 8.62. The van der Waals surface area contributed by atoms with Crippen molar-refractivity contribution in [3.8, 4) is 5.75 Å². The van der Waals surface area contributed by atoms with Gasteiger partial charge in [0.15, 0.2) is 0 Å². The van der Waals surface area contributed by atoms with E-state index in [0.29, 0.717) is 33.9 Å². The van der Waals surface area contributed by atoms with Gasteiger partial charge in [-0.1, -0.05) is 119 Å². The molecule has 0 N–H and O–H groups in total. The first-order valence-corrected chi connectivity index (χ1v) is 20.8. The number of ether oxygens (including phenoxy) is 1. The first-order chi connectivity index (χ1) is 27.9. The quantitative estimate of drug-likeness (QED) is 0.166. The van der Waals surface area contributed by atoms with E-state index < -0.39 is 13.1 Å². The average Bonchev–Trinajstić information content (AvgIpc) is 3.71. The summed E-state index contributed by atoms with van der Waals surface area (Å²) in [6.07, 6.45) is -4.94. The normalized spacial score (nSPS) is 14.5. The number of alkyl halides is 3. The zero-order valence-electron chi connectivity index (χ0n) is 36.6. The largest absolute Gasteiger partial charge is 0.573 e. The molecule has 0 saturated carbocycles. The summed E-state index contributed by atoms with van der Waals surface area (Å²) in [6.45, 7) is 25.4. The van der Waals surface area contributed by atoms with Crippen molar-refractivity contribution in [3.63, 3.8) is 0 Å². The zero-order valence-corrected chi connectivity index (χ0v) is 36.6. The molecule has 2 aliphatic heterocycles. The van der Waals surface area contributed by atoms with E-state index in [1.807, 2.05) is 36.4 Å². The van der Waals surface area contributed by atoms with E-state index in [9.17, 15) is 13.2 Å². The Morgan fingerprint density at radius 2 is 0.817 bits per heavy atom. The minimum Gasteiger partial charge on any atom is -0.468 e. The fourth-order valence-electron chi connectivity index (χ4n) is 8.83. The lowest BCUT2D eigenvalue weighted by molar-refractivity contribution is -0.274. The molecule has 5 aromatic carbocycles. The van der Waals surface area contributed by atoms with E-state index >= 15 is 0 Å². The molecule has 9 heteroatoms. The first-order valence-electron chi connectivity index (χ1n) is 20.8. The molecule has 0 radical (unpaired) electrons. The topological polar surface area (TPSA) is 42.0 Å². The lowest BCUT2D eigenvalue weighted by Gasteiger charge is -2.41. The van der Waals surface area contributed by atoms with Crippen LogP contribution >= 0.6 is 0 Å². The Morgan fingerprint density at radius 3 is 1.15 bits per heavy atom. The Hall–Kier alpha value is -5.57. The van der Waals surface area contributed by atoms with Crippen molar-refractivity contribution in [2.24, 2.45) is 0 Å². The van der Waals surface area contributed by atoms with Crippen LogP contribution in [0.15, 0.2) is 106 Å². The van der Waals surface area contributed by atoms with Gasteiger partial charge in [-0.3, -0.25) is 0 Å². The smallest absolute Gasteiger partial charge is 0.468 e. The molecule has 0 atom stereocenters. The Morgan fingerprint density at radius 1 is 0.467 bits per heavy atom. The molecule has 0 unspecified atom stereocenters. The average molecular weight is 809 g/mol. The van der Waals surface area contributed by atoms with Crippen molar-refractivity contribution in [1.29, 1.82) is 0 Å². The van der Waals surface area contributed by atoms with Gasteiger partial charge < -0.3 is 23.4 Å². The maximum absolute atomic E-state index is 14.5. The highest BCUT2D eigenvalue weighted by Gasteiger charge is 2.50. The van der Waals surface area contributed by atoms with Crippen molar-refractivity contribution in [2.45, 2.75) is 111 Å². The summed E-state index contributed by atoms with van der Waals surface area (Å²) in [5.74, 6) is -0.319. The van der Waals surface area contributed by atoms with Gasteiger partial charge in [0, 0.05) is 45.7 Å². The van der Waals surface area contributed by atoms with Gasteiger partial charge in [-0.15, -0.1) is 13.2 Å². The molecule has 0 amide bonds. The number of nitrogens with zero attached hydrogens (tertiary/aromatic N) is 2. The highest BCUT2D eigenvalue weighted by molar-refractivity contribution is 6.99. The standard InChI is InChI=1S/C51H52BF3N2O3/c1-47(2,3)29-13-19-33(20-14-29)56-38-27-35(60-51(53,54)55)28-39-42(38)52(45-43(56)36-25-31(49(7,8)9)17-23-40(36)58-45)46-44(37-26-32(50(10,11)12)18-24-41(37)59-46)57(39)34-21-15-30(16-22-34)48(4,5)6/h13-28H,1-12H3. The highest BCUT2D eigenvalue weighted by atomic mass is 19.4. The van der Waals surface area contributed by atoms with Gasteiger partial charge in [0.05, 0.1) is 11.4 Å². The number of hydrogen-bond acceptors (Lipinski definition) is 5. The van der Waals surface area contributed by atoms with Crippen LogP contribution in [0.5, 0.6) is 5.75 Å². The van der Waals surface area contributed by atoms with Crippen LogP contribution in [-0.4, -0.2) is 13.1 Å². The predicted molar refractivity (Wildman–Crippen MR) is 241 cm³/mol. The second kappa shape index (κ2) is 13.0. The third-order valence-corrected chi connectivity index (χ3v) is 12.2. The Balaban J connectivity index is 1.43. The monoisotopic (exact) mass is 808 g/mol. The van der Waals surface area contributed by atoms with Crippen molar-refractivity contribution in [1.82, 2.24) is 0 Å². The minimum absolute atomic E-state index is 0.117. The number of furan rings is 2. The lowest BCUT2D eigenvalue weighted by Crippen LogP contribution is -2.60. The molecule has 5 nitrogen and oxygen atoms in total. The summed E-state index contributed by atoms with van der Waals surface area (Å²) < 4.78 is 62.4. The summed E-state index contributed by atoms with van der Waals surface area (Å²) in [6, 6.07) is 32.2. The number of fused-ring (bicyclic) bond motifs is 8. The fourth-order valence-corrected chi connectivity index (χ4v) is 8.83. The van der Waals surface area contributed by atoms with Crippen molar-refractivity contribution in [2.75, 3.05) is 9.80 Å². The molecule has 2 aromatic heterocycles. The SMILES string of the molecule is CC(C)(C)c1ccc(N2c3cc(OC(F)(F)F)cc4c3B(c3oc5ccc(C(C)(C)C)cc5c32)c2oc3ccc(C(C)(C)C)cc3c2N4c2ccc(C(C)(C)C)cc2)cc1. The maximum atomic E-state index is 14.5. The summed E-state index contributed by atoms with van der Waals surface area (Å²) in [5.41, 5.74) is 11.5. The molecule has 0 aliphatic carbocycles. The van der Waals surface area contributed by atoms with Crippen molar-refractivity contribution in [3.05, 3.63) is 119 Å². The molecule has 0 bridgehead atoms. The van der Waals surface area contributed by atoms with Gasteiger partial charge in [-0.2, -0.15) is 0 Å². The summed E-state index contributed by atoms with van der Waals surface area (Å²) in [7, 11) is 0. The van der Waals surface area contributed by atoms with Crippen LogP contribution in [0, 0.1) is 0 Å². The molecule has 60 heavy (non-hydrogen) atoms. The van der Waals surface area contributed by atoms with E-state index in [1.165, 1.54) is 12.1 Å². The maximum Gasteiger partial charge on any atom is 0.573 e. The van der Waals surface area contributed by atoms with Crippen molar-refractivity contribution >= 4 is 79.6 Å². The van der Waals surface area contributed by atoms with Gasteiger partial charge in [-0.05, 0) is 97.9 Å². The molecule has 9 rings (SSSR count). The minimum atomic E-state index is -4.94. The van der Waals surface area contributed by atoms with Gasteiger partial charge in [0.2, 0.25) is 0 Å². The fraction of sp³-hybridized carbons (Fsp3) is 0.333. The predicted octanol–water partition coefficient (Wildman–Crippen LogP) is 13.4. The van der Waals surface area contributed by atoms with Gasteiger partial charge in [0.1, 0.15) is 28.2 Å². The van der Waals surface area contributed by atoms with Crippen LogP contribution in [0.1, 0.15) is 105 Å². The van der Waals surface area contributed by atoms with E-state index in [0.717, 1.165) is 61.2 Å². The molecular weight excluding hydrogens is 756 g/mol. The van der Waals surface area contributed by atoms with E-state index in [1.54, 1.807) is 0 Å². The van der Waals surface area contributed by atoms with Gasteiger partial charge >= 0.3 is 13.1 Å². The molecule has 7 aromatic rings. The summed E-state index contributed by atoms with van der Waals surface area (Å²) in [5, 5.41) is 1.72. The van der Waals surface area contributed by atoms with Crippen LogP contribution in [0.3, 0.4) is 0 Å². The second-order valence-electron chi connectivity index (χ2n) is 20.7. The van der Waals surface area contributed by atoms with Gasteiger partial charge in [0.25, 0.3) is 0 Å². The van der Waals surface area contributed by atoms with E-state index in [4.69, 9.17) is 13.6 Å². The number of halogens is 3. The number of hydrogen-bond donors (Lipinski definition) is 0. The van der Waals surface area contributed by atoms with Crippen LogP contribution in [-0.2, 0) is 21.7 Å². The number of rotatable bonds is 3. The molecular formula is C51H52BF3N2O3. The highest BCUT2D eigenvalue weighted by Crippen LogP contribution is 2.51. The third-order valence-electron chi connectivity index (χ3n) is 12.2. The van der Waals surface area contributed by atoms with Crippen LogP contribution in [0.25, 0.3) is 21.9 Å². The van der Waals surface area contributed by atoms with Crippen LogP contribution < -0.4 is 31.3 Å². The Bertz CT molecular complexity index is 2640. The number of anilines is 6. The van der Waals surface area contributed by atoms with Crippen molar-refractivity contribution < 1.29 is 26.7 Å². The number of benzene rings is 5. The second-order valence-corrected chi connectivity index (χ2v) is 20.7. The third kappa shape index (κ3) is 6.56. The van der Waals surface area contributed by atoms with Gasteiger partial charge in [-0.25, -0.2) is 0 Å². The molecule has 308 valence electrons. The summed E-state index contributed by atoms with van der Waals surface area (Å²) >= 11 is 0. The first kappa shape index (κ1) is 39.9. The molecule has 0 fully saturated rings. The van der Waals surface area contributed by atoms with Crippen LogP contribution in [0.4, 0.5) is 47.3 Å². The molecule has 0 spiro atoms. The van der Waals surface area contributed by atoms with Crippen LogP contribution in [0.2, 0.25) is 0 Å². The lowest BCUT2D eigenvalue weighted by atomic mass is 9.37. The zero-order chi connectivity index (χ0) is 43.1. The van der Waals surface area contributed by atoms with E-state index in [2.05, 4.69) is 141 Å². The summed E-state index contributed by atoms with van der Waals surface area (Å²) in [4.78, 5) is 4.12. The Labute approximate surface area is 351 Å². The molecule has 4 heterocycles. The van der Waals surface area contributed by atoms with E-state index in [-0.39, 0.29) is 27.4 Å².